The Hall–Kier alpha value is -3.33. The Kier molecular flexibility index (Phi) is 6.96. The summed E-state index contributed by atoms with van der Waals surface area (Å²) in [5.41, 5.74) is 2.63. The number of hydrogen-bond acceptors (Lipinski definition) is 5. The molecule has 0 bridgehead atoms. The predicted molar refractivity (Wildman–Crippen MR) is 117 cm³/mol. The van der Waals surface area contributed by atoms with Gasteiger partial charge in [0.25, 0.3) is 5.91 Å². The Morgan fingerprint density at radius 1 is 1.19 bits per heavy atom. The second kappa shape index (κ2) is 9.65. The molecule has 31 heavy (non-hydrogen) atoms. The summed E-state index contributed by atoms with van der Waals surface area (Å²) in [7, 11) is 0. The number of carboxylic acids is 1. The number of rotatable bonds is 8. The lowest BCUT2D eigenvalue weighted by atomic mass is 10.1. The summed E-state index contributed by atoms with van der Waals surface area (Å²) in [5.74, 6) is -0.994. The van der Waals surface area contributed by atoms with Crippen molar-refractivity contribution in [2.24, 2.45) is 0 Å². The molecule has 2 aromatic rings. The molecule has 1 fully saturated rings. The fraction of sp³-hybridized carbons (Fsp3) is 0.227. The first kappa shape index (κ1) is 22.4. The molecule has 1 saturated heterocycles. The largest absolute Gasteiger partial charge is 0.490 e. The number of halogens is 1. The minimum Gasteiger partial charge on any atom is -0.490 e. The number of aliphatic carboxylic acids is 1. The average Bonchev–Trinajstić information content (AvgIpc) is 2.96. The van der Waals surface area contributed by atoms with E-state index < -0.39 is 24.5 Å². The summed E-state index contributed by atoms with van der Waals surface area (Å²) in [5, 5.41) is 11.4. The van der Waals surface area contributed by atoms with Gasteiger partial charge in [-0.15, -0.1) is 0 Å². The van der Waals surface area contributed by atoms with Crippen molar-refractivity contribution in [1.82, 2.24) is 10.2 Å². The van der Waals surface area contributed by atoms with Gasteiger partial charge in [0.05, 0.1) is 17.6 Å². The number of benzene rings is 2. The summed E-state index contributed by atoms with van der Waals surface area (Å²) >= 11 is 3.35. The molecule has 8 nitrogen and oxygen atoms in total. The normalized spacial score (nSPS) is 14.7. The van der Waals surface area contributed by atoms with Gasteiger partial charge in [0.1, 0.15) is 5.70 Å². The molecule has 2 N–H and O–H groups in total. The third-order valence-electron chi connectivity index (χ3n) is 4.41. The number of aryl methyl sites for hydroxylation is 1. The fourth-order valence-corrected chi connectivity index (χ4v) is 3.54. The number of urea groups is 1. The number of carbonyl (C=O) groups is 3. The van der Waals surface area contributed by atoms with Crippen molar-refractivity contribution >= 4 is 39.9 Å². The van der Waals surface area contributed by atoms with Crippen LogP contribution in [0.3, 0.4) is 0 Å². The van der Waals surface area contributed by atoms with E-state index in [1.54, 1.807) is 19.1 Å². The number of imide groups is 1. The lowest BCUT2D eigenvalue weighted by Crippen LogP contribution is -2.30. The van der Waals surface area contributed by atoms with E-state index in [2.05, 4.69) is 21.2 Å². The van der Waals surface area contributed by atoms with Crippen LogP contribution in [-0.4, -0.2) is 41.1 Å². The summed E-state index contributed by atoms with van der Waals surface area (Å²) in [6, 6.07) is 10.4. The number of hydrogen-bond donors (Lipinski definition) is 2. The van der Waals surface area contributed by atoms with E-state index in [1.165, 1.54) is 6.08 Å². The van der Waals surface area contributed by atoms with Gasteiger partial charge < -0.3 is 19.9 Å². The van der Waals surface area contributed by atoms with Gasteiger partial charge in [-0.1, -0.05) is 29.8 Å². The van der Waals surface area contributed by atoms with Crippen LogP contribution in [0.25, 0.3) is 6.08 Å². The monoisotopic (exact) mass is 488 g/mol. The van der Waals surface area contributed by atoms with Crippen molar-refractivity contribution in [2.75, 3.05) is 13.2 Å². The highest BCUT2D eigenvalue weighted by atomic mass is 79.9. The highest BCUT2D eigenvalue weighted by Gasteiger charge is 2.33. The van der Waals surface area contributed by atoms with E-state index in [4.69, 9.17) is 14.6 Å². The van der Waals surface area contributed by atoms with Crippen molar-refractivity contribution in [2.45, 2.75) is 20.4 Å². The van der Waals surface area contributed by atoms with Crippen LogP contribution in [0.4, 0.5) is 4.79 Å². The summed E-state index contributed by atoms with van der Waals surface area (Å²) in [6.07, 6.45) is 1.53. The maximum atomic E-state index is 12.8. The summed E-state index contributed by atoms with van der Waals surface area (Å²) in [6.45, 7) is 3.71. The molecule has 0 radical (unpaired) electrons. The number of nitrogens with one attached hydrogen (secondary N) is 1. The van der Waals surface area contributed by atoms with Crippen LogP contribution in [0.2, 0.25) is 0 Å². The molecule has 0 unspecified atom stereocenters. The molecule has 0 atom stereocenters. The van der Waals surface area contributed by atoms with Gasteiger partial charge in [0.2, 0.25) is 0 Å². The van der Waals surface area contributed by atoms with Crippen molar-refractivity contribution < 1.29 is 29.0 Å². The molecule has 0 aliphatic carbocycles. The Bertz CT molecular complexity index is 1050. The van der Waals surface area contributed by atoms with E-state index in [0.717, 1.165) is 16.0 Å². The zero-order valence-electron chi connectivity index (χ0n) is 17.0. The molecule has 0 spiro atoms. The van der Waals surface area contributed by atoms with Gasteiger partial charge >= 0.3 is 12.0 Å². The standard InChI is InChI=1S/C22H21BrN2O6/c1-3-30-18-10-15(8-16(23)20(18)31-12-19(26)27)9-17-21(28)25(22(29)24-17)11-14-6-4-13(2)5-7-14/h4-10H,3,11-12H2,1-2H3,(H,24,29)(H,26,27)/b17-9+. The number of ether oxygens (including phenoxy) is 2. The quantitative estimate of drug-likeness (QED) is 0.433. The first-order chi connectivity index (χ1) is 14.8. The highest BCUT2D eigenvalue weighted by molar-refractivity contribution is 9.10. The third kappa shape index (κ3) is 5.43. The minimum atomic E-state index is -1.12. The molecular weight excluding hydrogens is 468 g/mol. The van der Waals surface area contributed by atoms with Gasteiger partial charge in [-0.2, -0.15) is 0 Å². The Labute approximate surface area is 187 Å². The van der Waals surface area contributed by atoms with Crippen molar-refractivity contribution in [3.63, 3.8) is 0 Å². The van der Waals surface area contributed by atoms with Crippen LogP contribution in [0, 0.1) is 6.92 Å². The maximum Gasteiger partial charge on any atom is 0.341 e. The van der Waals surface area contributed by atoms with Crippen molar-refractivity contribution in [1.29, 1.82) is 0 Å². The average molecular weight is 489 g/mol. The van der Waals surface area contributed by atoms with Gasteiger partial charge in [-0.05, 0) is 59.1 Å². The van der Waals surface area contributed by atoms with Crippen LogP contribution in [0.15, 0.2) is 46.6 Å². The number of carboxylic acid groups (broad SMARTS) is 1. The zero-order valence-corrected chi connectivity index (χ0v) is 18.6. The second-order valence-electron chi connectivity index (χ2n) is 6.81. The first-order valence-electron chi connectivity index (χ1n) is 9.49. The van der Waals surface area contributed by atoms with Crippen LogP contribution in [0.1, 0.15) is 23.6 Å². The van der Waals surface area contributed by atoms with Gasteiger partial charge in [0.15, 0.2) is 18.1 Å². The topological polar surface area (TPSA) is 105 Å². The molecule has 3 rings (SSSR count). The van der Waals surface area contributed by atoms with E-state index in [0.29, 0.717) is 22.4 Å². The lowest BCUT2D eigenvalue weighted by Gasteiger charge is -2.14. The molecule has 9 heteroatoms. The second-order valence-corrected chi connectivity index (χ2v) is 7.66. The molecule has 1 aliphatic heterocycles. The van der Waals surface area contributed by atoms with Crippen molar-refractivity contribution in [3.8, 4) is 11.5 Å². The van der Waals surface area contributed by atoms with E-state index in [-0.39, 0.29) is 18.0 Å². The number of nitrogens with zero attached hydrogens (tertiary/aromatic N) is 1. The Morgan fingerprint density at radius 3 is 2.55 bits per heavy atom. The SMILES string of the molecule is CCOc1cc(/C=C2/NC(=O)N(Cc3ccc(C)cc3)C2=O)cc(Br)c1OCC(=O)O. The van der Waals surface area contributed by atoms with Crippen LogP contribution < -0.4 is 14.8 Å². The van der Waals surface area contributed by atoms with Crippen LogP contribution >= 0.6 is 15.9 Å². The van der Waals surface area contributed by atoms with Crippen LogP contribution in [-0.2, 0) is 16.1 Å². The van der Waals surface area contributed by atoms with Gasteiger partial charge in [0, 0.05) is 0 Å². The molecule has 1 aliphatic rings. The fourth-order valence-electron chi connectivity index (χ4n) is 2.97. The molecule has 0 saturated carbocycles. The summed E-state index contributed by atoms with van der Waals surface area (Å²) < 4.78 is 11.3. The number of carbonyl (C=O) groups excluding carboxylic acids is 2. The molecule has 3 amide bonds. The zero-order chi connectivity index (χ0) is 22.5. The Balaban J connectivity index is 1.85. The smallest absolute Gasteiger partial charge is 0.341 e. The lowest BCUT2D eigenvalue weighted by molar-refractivity contribution is -0.139. The predicted octanol–water partition coefficient (Wildman–Crippen LogP) is 3.71. The van der Waals surface area contributed by atoms with Crippen molar-refractivity contribution in [3.05, 3.63) is 63.3 Å². The van der Waals surface area contributed by atoms with Crippen LogP contribution in [0.5, 0.6) is 11.5 Å². The molecule has 2 aromatic carbocycles. The maximum absolute atomic E-state index is 12.8. The minimum absolute atomic E-state index is 0.130. The third-order valence-corrected chi connectivity index (χ3v) is 5.00. The van der Waals surface area contributed by atoms with Gasteiger partial charge in [-0.25, -0.2) is 9.59 Å². The highest BCUT2D eigenvalue weighted by Crippen LogP contribution is 2.37. The molecular formula is C22H21BrN2O6. The van der Waals surface area contributed by atoms with E-state index in [1.807, 2.05) is 31.2 Å². The number of amides is 3. The van der Waals surface area contributed by atoms with E-state index in [9.17, 15) is 14.4 Å². The van der Waals surface area contributed by atoms with E-state index >= 15 is 0 Å². The molecule has 0 aromatic heterocycles. The van der Waals surface area contributed by atoms with Gasteiger partial charge in [-0.3, -0.25) is 9.69 Å². The molecule has 162 valence electrons. The first-order valence-corrected chi connectivity index (χ1v) is 10.3. The summed E-state index contributed by atoms with van der Waals surface area (Å²) in [4.78, 5) is 37.1. The Morgan fingerprint density at radius 2 is 1.90 bits per heavy atom. The molecule has 1 heterocycles.